The fourth-order valence-electron chi connectivity index (χ4n) is 2.90. The minimum Gasteiger partial charge on any atom is -0.395 e. The quantitative estimate of drug-likeness (QED) is 0.478. The summed E-state index contributed by atoms with van der Waals surface area (Å²) >= 11 is 0. The van der Waals surface area contributed by atoms with Crippen LogP contribution in [0.3, 0.4) is 0 Å². The second-order valence-electron chi connectivity index (χ2n) is 6.02. The summed E-state index contributed by atoms with van der Waals surface area (Å²) in [5.74, 6) is 0. The lowest BCUT2D eigenvalue weighted by atomic mass is 9.89. The Balaban J connectivity index is 1.77. The molecule has 0 radical (unpaired) electrons. The average molecular weight is 271 g/mol. The van der Waals surface area contributed by atoms with Crippen LogP contribution in [0.4, 0.5) is 0 Å². The van der Waals surface area contributed by atoms with Crippen LogP contribution in [0.25, 0.3) is 0 Å². The molecule has 1 aliphatic heterocycles. The Hall–Kier alpha value is -0.120. The van der Waals surface area contributed by atoms with Crippen LogP contribution < -0.4 is 5.32 Å². The van der Waals surface area contributed by atoms with Crippen molar-refractivity contribution < 1.29 is 10.2 Å². The minimum atomic E-state index is -0.330. The fraction of sp³-hybridized carbons (Fsp3) is 1.00. The van der Waals surface area contributed by atoms with E-state index in [2.05, 4.69) is 12.2 Å². The van der Waals surface area contributed by atoms with Gasteiger partial charge in [-0.05, 0) is 6.42 Å². The van der Waals surface area contributed by atoms with Crippen LogP contribution in [-0.2, 0) is 0 Å². The van der Waals surface area contributed by atoms with E-state index in [0.717, 1.165) is 6.42 Å². The van der Waals surface area contributed by atoms with Crippen LogP contribution in [0.15, 0.2) is 0 Å². The third kappa shape index (κ3) is 6.73. The molecule has 3 N–H and O–H groups in total. The molecule has 0 aromatic heterocycles. The van der Waals surface area contributed by atoms with E-state index in [9.17, 15) is 5.11 Å². The van der Waals surface area contributed by atoms with E-state index in [-0.39, 0.29) is 24.8 Å². The molecule has 0 aliphatic carbocycles. The van der Waals surface area contributed by atoms with E-state index in [1.54, 1.807) is 0 Å². The van der Waals surface area contributed by atoms with Gasteiger partial charge in [-0.15, -0.1) is 0 Å². The molecule has 0 unspecified atom stereocenters. The maximum atomic E-state index is 9.69. The highest BCUT2D eigenvalue weighted by molar-refractivity contribution is 4.97. The maximum Gasteiger partial charge on any atom is 0.0868 e. The summed E-state index contributed by atoms with van der Waals surface area (Å²) < 4.78 is 0. The van der Waals surface area contributed by atoms with Crippen LogP contribution >= 0.6 is 0 Å². The number of unbranched alkanes of at least 4 members (excludes halogenated alkanes) is 9. The number of rotatable bonds is 12. The zero-order valence-corrected chi connectivity index (χ0v) is 12.6. The number of nitrogens with one attached hydrogen (secondary N) is 1. The van der Waals surface area contributed by atoms with Gasteiger partial charge in [-0.25, -0.2) is 0 Å². The van der Waals surface area contributed by atoms with Gasteiger partial charge in [0.15, 0.2) is 0 Å². The molecule has 0 saturated carbocycles. The second kappa shape index (κ2) is 10.6. The molecule has 1 aliphatic rings. The average Bonchev–Trinajstić information content (AvgIpc) is 2.43. The van der Waals surface area contributed by atoms with Crippen LogP contribution in [0.2, 0.25) is 0 Å². The first kappa shape index (κ1) is 16.9. The lowest BCUT2D eigenvalue weighted by Crippen LogP contribution is -2.66. The van der Waals surface area contributed by atoms with E-state index in [1.807, 2.05) is 0 Å². The molecule has 0 aromatic rings. The SMILES string of the molecule is CCCCCCCCCCCC[C@@H]1N[C@@H](CO)[C@@H]1O. The fourth-order valence-corrected chi connectivity index (χ4v) is 2.90. The highest BCUT2D eigenvalue weighted by Gasteiger charge is 2.37. The Morgan fingerprint density at radius 2 is 1.32 bits per heavy atom. The summed E-state index contributed by atoms with van der Waals surface area (Å²) in [6, 6.07) is 0.152. The number of hydrogen-bond donors (Lipinski definition) is 3. The molecule has 0 spiro atoms. The largest absolute Gasteiger partial charge is 0.395 e. The van der Waals surface area contributed by atoms with E-state index in [0.29, 0.717) is 0 Å². The first-order valence-electron chi connectivity index (χ1n) is 8.34. The molecule has 1 saturated heterocycles. The maximum absolute atomic E-state index is 9.69. The van der Waals surface area contributed by atoms with Crippen molar-refractivity contribution in [1.29, 1.82) is 0 Å². The zero-order valence-electron chi connectivity index (χ0n) is 12.6. The van der Waals surface area contributed by atoms with Gasteiger partial charge in [-0.3, -0.25) is 0 Å². The highest BCUT2D eigenvalue weighted by atomic mass is 16.3. The van der Waals surface area contributed by atoms with Crippen molar-refractivity contribution in [2.45, 2.75) is 95.7 Å². The number of aliphatic hydroxyl groups excluding tert-OH is 2. The molecule has 114 valence electrons. The molecule has 0 aromatic carbocycles. The van der Waals surface area contributed by atoms with Gasteiger partial charge in [0.05, 0.1) is 18.8 Å². The van der Waals surface area contributed by atoms with Gasteiger partial charge in [0, 0.05) is 6.04 Å². The Kier molecular flexibility index (Phi) is 9.48. The van der Waals surface area contributed by atoms with E-state index in [1.165, 1.54) is 64.2 Å². The van der Waals surface area contributed by atoms with Crippen molar-refractivity contribution >= 4 is 0 Å². The first-order valence-corrected chi connectivity index (χ1v) is 8.34. The molecule has 19 heavy (non-hydrogen) atoms. The first-order chi connectivity index (χ1) is 9.29. The Morgan fingerprint density at radius 1 is 0.789 bits per heavy atom. The summed E-state index contributed by atoms with van der Waals surface area (Å²) in [6.45, 7) is 2.31. The van der Waals surface area contributed by atoms with Crippen LogP contribution in [0.5, 0.6) is 0 Å². The molecule has 0 bridgehead atoms. The van der Waals surface area contributed by atoms with Crippen molar-refractivity contribution in [3.05, 3.63) is 0 Å². The molecule has 3 nitrogen and oxygen atoms in total. The molecular formula is C16H33NO2. The third-order valence-electron chi connectivity index (χ3n) is 4.32. The van der Waals surface area contributed by atoms with Crippen LogP contribution in [0, 0.1) is 0 Å². The van der Waals surface area contributed by atoms with E-state index < -0.39 is 0 Å². The summed E-state index contributed by atoms with van der Waals surface area (Å²) in [6.07, 6.45) is 14.2. The van der Waals surface area contributed by atoms with Crippen LogP contribution in [0.1, 0.15) is 77.6 Å². The summed E-state index contributed by atoms with van der Waals surface area (Å²) in [5.41, 5.74) is 0. The molecule has 3 heteroatoms. The van der Waals surface area contributed by atoms with E-state index in [4.69, 9.17) is 5.11 Å². The van der Waals surface area contributed by atoms with Gasteiger partial charge in [-0.2, -0.15) is 0 Å². The third-order valence-corrected chi connectivity index (χ3v) is 4.32. The van der Waals surface area contributed by atoms with Crippen molar-refractivity contribution in [2.75, 3.05) is 6.61 Å². The van der Waals surface area contributed by atoms with Gasteiger partial charge < -0.3 is 15.5 Å². The van der Waals surface area contributed by atoms with Gasteiger partial charge in [-0.1, -0.05) is 71.1 Å². The molecule has 1 heterocycles. The molecule has 0 amide bonds. The topological polar surface area (TPSA) is 52.5 Å². The highest BCUT2D eigenvalue weighted by Crippen LogP contribution is 2.19. The summed E-state index contributed by atoms with van der Waals surface area (Å²) in [5, 5.41) is 21.8. The summed E-state index contributed by atoms with van der Waals surface area (Å²) in [4.78, 5) is 0. The van der Waals surface area contributed by atoms with Crippen molar-refractivity contribution in [3.8, 4) is 0 Å². The molecular weight excluding hydrogens is 238 g/mol. The van der Waals surface area contributed by atoms with Crippen molar-refractivity contribution in [1.82, 2.24) is 5.32 Å². The standard InChI is InChI=1S/C16H33NO2/c1-2-3-4-5-6-7-8-9-10-11-12-14-16(19)15(13-18)17-14/h14-19H,2-13H2,1H3/t14-,15-,16+/m0/s1. The summed E-state index contributed by atoms with van der Waals surface area (Å²) in [7, 11) is 0. The van der Waals surface area contributed by atoms with Gasteiger partial charge in [0.2, 0.25) is 0 Å². The van der Waals surface area contributed by atoms with Gasteiger partial charge >= 0.3 is 0 Å². The van der Waals surface area contributed by atoms with E-state index >= 15 is 0 Å². The Bertz CT molecular complexity index is 211. The molecule has 3 atom stereocenters. The van der Waals surface area contributed by atoms with Crippen LogP contribution in [-0.4, -0.2) is 35.0 Å². The van der Waals surface area contributed by atoms with Crippen molar-refractivity contribution in [2.24, 2.45) is 0 Å². The lowest BCUT2D eigenvalue weighted by molar-refractivity contribution is -0.0192. The second-order valence-corrected chi connectivity index (χ2v) is 6.02. The normalized spacial score (nSPS) is 26.4. The predicted molar refractivity (Wildman–Crippen MR) is 80.3 cm³/mol. The molecule has 1 rings (SSSR count). The smallest absolute Gasteiger partial charge is 0.0868 e. The lowest BCUT2D eigenvalue weighted by Gasteiger charge is -2.42. The predicted octanol–water partition coefficient (Wildman–Crippen LogP) is 2.99. The molecule has 1 fully saturated rings. The monoisotopic (exact) mass is 271 g/mol. The minimum absolute atomic E-state index is 0.0513. The number of aliphatic hydroxyl groups is 2. The zero-order chi connectivity index (χ0) is 13.9. The Labute approximate surface area is 118 Å². The van der Waals surface area contributed by atoms with Crippen molar-refractivity contribution in [3.63, 3.8) is 0 Å². The number of hydrogen-bond acceptors (Lipinski definition) is 3. The van der Waals surface area contributed by atoms with Gasteiger partial charge in [0.25, 0.3) is 0 Å². The Morgan fingerprint density at radius 3 is 1.79 bits per heavy atom. The van der Waals surface area contributed by atoms with Gasteiger partial charge in [0.1, 0.15) is 0 Å².